The summed E-state index contributed by atoms with van der Waals surface area (Å²) >= 11 is 0. The standard InChI is InChI=1S/C16H18N2O4/c1-10(2)6-7-21-14-12-5-4-11(17)8-13(12)18(3)16(20)15(14)22-9-19/h4-6,8-9H,7,17H2,1-3H3. The summed E-state index contributed by atoms with van der Waals surface area (Å²) in [6.45, 7) is 4.36. The number of allylic oxidation sites excluding steroid dienone is 1. The predicted octanol–water partition coefficient (Wildman–Crippen LogP) is 2.00. The van der Waals surface area contributed by atoms with Crippen molar-refractivity contribution in [3.05, 3.63) is 40.2 Å². The third kappa shape index (κ3) is 2.95. The molecule has 0 spiro atoms. The van der Waals surface area contributed by atoms with Crippen LogP contribution in [0.5, 0.6) is 11.5 Å². The summed E-state index contributed by atoms with van der Waals surface area (Å²) in [4.78, 5) is 23.0. The van der Waals surface area contributed by atoms with Crippen LogP contribution in [0.3, 0.4) is 0 Å². The van der Waals surface area contributed by atoms with Crippen LogP contribution in [0.4, 0.5) is 5.69 Å². The summed E-state index contributed by atoms with van der Waals surface area (Å²) in [5.41, 5.74) is 7.53. The molecule has 0 atom stereocenters. The Morgan fingerprint density at radius 1 is 1.32 bits per heavy atom. The number of hydrogen-bond acceptors (Lipinski definition) is 5. The molecule has 0 saturated heterocycles. The normalized spacial score (nSPS) is 10.3. The highest BCUT2D eigenvalue weighted by Gasteiger charge is 2.18. The summed E-state index contributed by atoms with van der Waals surface area (Å²) < 4.78 is 11.9. The van der Waals surface area contributed by atoms with Gasteiger partial charge in [-0.1, -0.05) is 5.57 Å². The molecule has 0 bridgehead atoms. The summed E-state index contributed by atoms with van der Waals surface area (Å²) in [6.07, 6.45) is 1.87. The fourth-order valence-electron chi connectivity index (χ4n) is 2.09. The molecule has 0 saturated carbocycles. The molecule has 6 nitrogen and oxygen atoms in total. The SMILES string of the molecule is CC(C)=CCOc1c(OC=O)c(=O)n(C)c2cc(N)ccc12. The molecule has 22 heavy (non-hydrogen) atoms. The number of benzene rings is 1. The van der Waals surface area contributed by atoms with Crippen LogP contribution in [0.2, 0.25) is 0 Å². The molecular weight excluding hydrogens is 284 g/mol. The van der Waals surface area contributed by atoms with Gasteiger partial charge in [-0.2, -0.15) is 0 Å². The molecule has 1 heterocycles. The Kier molecular flexibility index (Phi) is 4.50. The van der Waals surface area contributed by atoms with E-state index in [1.54, 1.807) is 25.2 Å². The van der Waals surface area contributed by atoms with Gasteiger partial charge < -0.3 is 19.8 Å². The van der Waals surface area contributed by atoms with Gasteiger partial charge in [0.2, 0.25) is 5.75 Å². The van der Waals surface area contributed by atoms with Crippen LogP contribution in [0.15, 0.2) is 34.6 Å². The van der Waals surface area contributed by atoms with Crippen LogP contribution in [-0.4, -0.2) is 17.6 Å². The maximum absolute atomic E-state index is 12.3. The number of aromatic nitrogens is 1. The molecule has 0 aliphatic heterocycles. The largest absolute Gasteiger partial charge is 0.485 e. The number of pyridine rings is 1. The van der Waals surface area contributed by atoms with E-state index in [1.807, 2.05) is 19.9 Å². The molecule has 116 valence electrons. The summed E-state index contributed by atoms with van der Waals surface area (Å²) in [5.74, 6) is 0.111. The van der Waals surface area contributed by atoms with Gasteiger partial charge in [0, 0.05) is 18.1 Å². The van der Waals surface area contributed by atoms with Crippen LogP contribution in [-0.2, 0) is 11.8 Å². The van der Waals surface area contributed by atoms with Gasteiger partial charge in [0.1, 0.15) is 6.61 Å². The molecule has 1 aromatic carbocycles. The number of fused-ring (bicyclic) bond motifs is 1. The lowest BCUT2D eigenvalue weighted by Gasteiger charge is -2.14. The van der Waals surface area contributed by atoms with Crippen molar-refractivity contribution in [2.45, 2.75) is 13.8 Å². The number of nitrogens with zero attached hydrogens (tertiary/aromatic N) is 1. The minimum atomic E-state index is -0.461. The van der Waals surface area contributed by atoms with Crippen molar-refractivity contribution in [2.24, 2.45) is 7.05 Å². The van der Waals surface area contributed by atoms with E-state index in [-0.39, 0.29) is 24.6 Å². The van der Waals surface area contributed by atoms with Gasteiger partial charge in [-0.15, -0.1) is 0 Å². The highest BCUT2D eigenvalue weighted by Crippen LogP contribution is 2.33. The van der Waals surface area contributed by atoms with E-state index >= 15 is 0 Å². The van der Waals surface area contributed by atoms with Crippen molar-refractivity contribution < 1.29 is 14.3 Å². The summed E-state index contributed by atoms with van der Waals surface area (Å²) in [6, 6.07) is 5.11. The molecular formula is C16H18N2O4. The minimum absolute atomic E-state index is 0.128. The van der Waals surface area contributed by atoms with E-state index in [9.17, 15) is 9.59 Å². The number of nitrogen functional groups attached to an aromatic ring is 1. The molecule has 0 fully saturated rings. The van der Waals surface area contributed by atoms with Crippen LogP contribution in [0, 0.1) is 0 Å². The number of hydrogen-bond donors (Lipinski definition) is 1. The highest BCUT2D eigenvalue weighted by molar-refractivity contribution is 5.90. The van der Waals surface area contributed by atoms with E-state index in [0.29, 0.717) is 16.6 Å². The third-order valence-electron chi connectivity index (χ3n) is 3.22. The van der Waals surface area contributed by atoms with E-state index in [4.69, 9.17) is 15.2 Å². The van der Waals surface area contributed by atoms with Gasteiger partial charge in [-0.05, 0) is 38.1 Å². The van der Waals surface area contributed by atoms with Crippen molar-refractivity contribution in [1.82, 2.24) is 4.57 Å². The summed E-state index contributed by atoms with van der Waals surface area (Å²) in [7, 11) is 1.58. The first-order valence-electron chi connectivity index (χ1n) is 6.74. The zero-order chi connectivity index (χ0) is 16.3. The first kappa shape index (κ1) is 15.6. The van der Waals surface area contributed by atoms with Crippen LogP contribution in [0.25, 0.3) is 10.9 Å². The number of carbonyl (C=O) groups is 1. The molecule has 0 radical (unpaired) electrons. The van der Waals surface area contributed by atoms with E-state index < -0.39 is 5.56 Å². The zero-order valence-electron chi connectivity index (χ0n) is 12.8. The minimum Gasteiger partial charge on any atom is -0.485 e. The second kappa shape index (κ2) is 6.34. The van der Waals surface area contributed by atoms with Crippen LogP contribution in [0.1, 0.15) is 13.8 Å². The number of aryl methyl sites for hydroxylation is 1. The molecule has 1 aromatic heterocycles. The quantitative estimate of drug-likeness (QED) is 0.519. The van der Waals surface area contributed by atoms with Crippen molar-refractivity contribution in [3.8, 4) is 11.5 Å². The molecule has 2 rings (SSSR count). The van der Waals surface area contributed by atoms with Crippen molar-refractivity contribution >= 4 is 23.1 Å². The lowest BCUT2D eigenvalue weighted by atomic mass is 10.1. The van der Waals surface area contributed by atoms with Gasteiger partial charge in [0.05, 0.1) is 5.52 Å². The Labute approximate surface area is 127 Å². The van der Waals surface area contributed by atoms with Crippen LogP contribution >= 0.6 is 0 Å². The zero-order valence-corrected chi connectivity index (χ0v) is 12.8. The number of ether oxygens (including phenoxy) is 2. The van der Waals surface area contributed by atoms with Gasteiger partial charge in [-0.25, -0.2) is 0 Å². The Morgan fingerprint density at radius 2 is 2.05 bits per heavy atom. The Balaban J connectivity index is 2.70. The number of anilines is 1. The average molecular weight is 302 g/mol. The lowest BCUT2D eigenvalue weighted by Crippen LogP contribution is -2.21. The smallest absolute Gasteiger partial charge is 0.298 e. The molecule has 0 aliphatic carbocycles. The van der Waals surface area contributed by atoms with Gasteiger partial charge in [-0.3, -0.25) is 9.59 Å². The van der Waals surface area contributed by atoms with E-state index in [0.717, 1.165) is 5.57 Å². The molecule has 0 unspecified atom stereocenters. The summed E-state index contributed by atoms with van der Waals surface area (Å²) in [5, 5.41) is 0.648. The van der Waals surface area contributed by atoms with Crippen molar-refractivity contribution in [2.75, 3.05) is 12.3 Å². The first-order chi connectivity index (χ1) is 10.5. The predicted molar refractivity (Wildman–Crippen MR) is 85.2 cm³/mol. The van der Waals surface area contributed by atoms with Gasteiger partial charge in [0.25, 0.3) is 12.0 Å². The van der Waals surface area contributed by atoms with Gasteiger partial charge >= 0.3 is 0 Å². The highest BCUT2D eigenvalue weighted by atomic mass is 16.5. The fraction of sp³-hybridized carbons (Fsp3) is 0.250. The third-order valence-corrected chi connectivity index (χ3v) is 3.22. The lowest BCUT2D eigenvalue weighted by molar-refractivity contribution is -0.120. The average Bonchev–Trinajstić information content (AvgIpc) is 2.47. The van der Waals surface area contributed by atoms with Crippen LogP contribution < -0.4 is 20.8 Å². The topological polar surface area (TPSA) is 83.5 Å². The molecule has 6 heteroatoms. The maximum Gasteiger partial charge on any atom is 0.298 e. The fourth-order valence-corrected chi connectivity index (χ4v) is 2.09. The molecule has 2 aromatic rings. The Bertz CT molecular complexity index is 802. The monoisotopic (exact) mass is 302 g/mol. The Morgan fingerprint density at radius 3 is 2.68 bits per heavy atom. The second-order valence-electron chi connectivity index (χ2n) is 5.11. The Hall–Kier alpha value is -2.76. The number of nitrogens with two attached hydrogens (primary N) is 1. The maximum atomic E-state index is 12.3. The number of rotatable bonds is 5. The van der Waals surface area contributed by atoms with Crippen molar-refractivity contribution in [3.63, 3.8) is 0 Å². The molecule has 0 aliphatic rings. The number of carbonyl (C=O) groups excluding carboxylic acids is 1. The molecule has 0 amide bonds. The van der Waals surface area contributed by atoms with Crippen molar-refractivity contribution in [1.29, 1.82) is 0 Å². The van der Waals surface area contributed by atoms with E-state index in [2.05, 4.69) is 0 Å². The molecule has 2 N–H and O–H groups in total. The second-order valence-corrected chi connectivity index (χ2v) is 5.11. The first-order valence-corrected chi connectivity index (χ1v) is 6.74. The van der Waals surface area contributed by atoms with E-state index in [1.165, 1.54) is 4.57 Å². The van der Waals surface area contributed by atoms with Gasteiger partial charge in [0.15, 0.2) is 5.75 Å².